The third kappa shape index (κ3) is 3.85. The first-order valence-electron chi connectivity index (χ1n) is 6.58. The number of benzene rings is 2. The van der Waals surface area contributed by atoms with Gasteiger partial charge in [0.05, 0.1) is 7.11 Å². The second kappa shape index (κ2) is 6.75. The number of hydrogen-bond acceptors (Lipinski definition) is 3. The van der Waals surface area contributed by atoms with Crippen LogP contribution in [0.15, 0.2) is 48.5 Å². The molecule has 104 valence electrons. The summed E-state index contributed by atoms with van der Waals surface area (Å²) < 4.78 is 9.38. The highest BCUT2D eigenvalue weighted by Gasteiger charge is 2.03. The van der Waals surface area contributed by atoms with Crippen molar-refractivity contribution in [3.05, 3.63) is 65.2 Å². The van der Waals surface area contributed by atoms with Crippen LogP contribution in [-0.4, -0.2) is 13.3 Å². The van der Waals surface area contributed by atoms with Gasteiger partial charge in [-0.2, -0.15) is 0 Å². The van der Waals surface area contributed by atoms with Gasteiger partial charge in [-0.05, 0) is 48.6 Å². The molecule has 2 aromatic rings. The van der Waals surface area contributed by atoms with E-state index in [1.807, 2.05) is 12.1 Å². The van der Waals surface area contributed by atoms with E-state index in [0.29, 0.717) is 5.75 Å². The van der Waals surface area contributed by atoms with Gasteiger partial charge < -0.3 is 9.47 Å². The highest BCUT2D eigenvalue weighted by atomic mass is 16.7. The van der Waals surface area contributed by atoms with Gasteiger partial charge in [0.15, 0.2) is 0 Å². The second-order valence-corrected chi connectivity index (χ2v) is 4.63. The lowest BCUT2D eigenvalue weighted by Crippen LogP contribution is -2.07. The van der Waals surface area contributed by atoms with Crippen LogP contribution in [0, 0.1) is 6.92 Å². The van der Waals surface area contributed by atoms with Gasteiger partial charge in [0.1, 0.15) is 5.75 Å². The molecule has 0 fully saturated rings. The first-order chi connectivity index (χ1) is 9.69. The number of carbonyl (C=O) groups excluding carboxylic acids is 1. The molecular weight excluding hydrogens is 252 g/mol. The molecule has 0 spiro atoms. The van der Waals surface area contributed by atoms with Crippen molar-refractivity contribution in [2.45, 2.75) is 19.8 Å². The number of hydrogen-bond donors (Lipinski definition) is 0. The largest absolute Gasteiger partial charge is 0.513 e. The number of carbonyl (C=O) groups is 1. The first-order valence-corrected chi connectivity index (χ1v) is 6.58. The van der Waals surface area contributed by atoms with Gasteiger partial charge in [-0.1, -0.05) is 36.4 Å². The molecule has 0 saturated carbocycles. The van der Waals surface area contributed by atoms with Crippen LogP contribution in [0.1, 0.15) is 16.7 Å². The maximum Gasteiger partial charge on any atom is 0.513 e. The minimum Gasteiger partial charge on any atom is -0.437 e. The predicted molar refractivity (Wildman–Crippen MR) is 78.1 cm³/mol. The fourth-order valence-electron chi connectivity index (χ4n) is 2.03. The quantitative estimate of drug-likeness (QED) is 0.624. The molecule has 20 heavy (non-hydrogen) atoms. The Morgan fingerprint density at radius 2 is 1.70 bits per heavy atom. The fourth-order valence-corrected chi connectivity index (χ4v) is 2.03. The zero-order chi connectivity index (χ0) is 14.4. The summed E-state index contributed by atoms with van der Waals surface area (Å²) in [5, 5.41) is 0. The second-order valence-electron chi connectivity index (χ2n) is 4.63. The van der Waals surface area contributed by atoms with E-state index in [2.05, 4.69) is 35.9 Å². The van der Waals surface area contributed by atoms with E-state index < -0.39 is 6.16 Å². The third-order valence-corrected chi connectivity index (χ3v) is 3.24. The smallest absolute Gasteiger partial charge is 0.437 e. The summed E-state index contributed by atoms with van der Waals surface area (Å²) in [6.45, 7) is 2.13. The molecular formula is C17H18O3. The summed E-state index contributed by atoms with van der Waals surface area (Å²) >= 11 is 0. The Balaban J connectivity index is 1.94. The molecule has 0 N–H and O–H groups in total. The van der Waals surface area contributed by atoms with Gasteiger partial charge in [-0.25, -0.2) is 4.79 Å². The summed E-state index contributed by atoms with van der Waals surface area (Å²) in [4.78, 5) is 11.0. The van der Waals surface area contributed by atoms with Crippen LogP contribution in [-0.2, 0) is 17.6 Å². The Bertz CT molecular complexity index is 573. The van der Waals surface area contributed by atoms with E-state index in [9.17, 15) is 4.79 Å². The normalized spacial score (nSPS) is 10.1. The van der Waals surface area contributed by atoms with Gasteiger partial charge >= 0.3 is 6.16 Å². The molecule has 0 aromatic heterocycles. The van der Waals surface area contributed by atoms with E-state index in [1.165, 1.54) is 23.8 Å². The molecule has 0 amide bonds. The maximum atomic E-state index is 11.0. The van der Waals surface area contributed by atoms with Crippen molar-refractivity contribution >= 4 is 6.16 Å². The highest BCUT2D eigenvalue weighted by Crippen LogP contribution is 2.16. The highest BCUT2D eigenvalue weighted by molar-refractivity contribution is 5.63. The summed E-state index contributed by atoms with van der Waals surface area (Å²) in [7, 11) is 1.29. The summed E-state index contributed by atoms with van der Waals surface area (Å²) in [6.07, 6.45) is 1.27. The number of aryl methyl sites for hydroxylation is 3. The van der Waals surface area contributed by atoms with E-state index >= 15 is 0 Å². The zero-order valence-electron chi connectivity index (χ0n) is 11.8. The molecule has 0 radical (unpaired) electrons. The Hall–Kier alpha value is -2.29. The van der Waals surface area contributed by atoms with Crippen LogP contribution in [0.5, 0.6) is 5.75 Å². The standard InChI is InChI=1S/C17H18O3/c1-13-5-3-4-6-15(13)10-7-14-8-11-16(12-9-14)20-17(18)19-2/h3-6,8-9,11-12H,7,10H2,1-2H3. The molecule has 3 nitrogen and oxygen atoms in total. The molecule has 0 saturated heterocycles. The molecule has 0 unspecified atom stereocenters. The lowest BCUT2D eigenvalue weighted by molar-refractivity contribution is 0.121. The molecule has 2 aromatic carbocycles. The van der Waals surface area contributed by atoms with Crippen molar-refractivity contribution in [2.24, 2.45) is 0 Å². The van der Waals surface area contributed by atoms with Crippen LogP contribution >= 0.6 is 0 Å². The number of rotatable bonds is 4. The first kappa shape index (κ1) is 14.1. The number of ether oxygens (including phenoxy) is 2. The maximum absolute atomic E-state index is 11.0. The Kier molecular flexibility index (Phi) is 4.77. The van der Waals surface area contributed by atoms with Gasteiger partial charge in [-0.15, -0.1) is 0 Å². The van der Waals surface area contributed by atoms with E-state index in [4.69, 9.17) is 4.74 Å². The van der Waals surface area contributed by atoms with Gasteiger partial charge in [0.25, 0.3) is 0 Å². The monoisotopic (exact) mass is 270 g/mol. The topological polar surface area (TPSA) is 35.5 Å². The zero-order valence-corrected chi connectivity index (χ0v) is 11.8. The summed E-state index contributed by atoms with van der Waals surface area (Å²) in [6, 6.07) is 15.9. The lowest BCUT2D eigenvalue weighted by atomic mass is 10.0. The van der Waals surface area contributed by atoms with Gasteiger partial charge in [0, 0.05) is 0 Å². The van der Waals surface area contributed by atoms with Crippen molar-refractivity contribution in [3.8, 4) is 5.75 Å². The predicted octanol–water partition coefficient (Wildman–Crippen LogP) is 3.93. The van der Waals surface area contributed by atoms with Crippen molar-refractivity contribution in [1.82, 2.24) is 0 Å². The minimum atomic E-state index is -0.697. The third-order valence-electron chi connectivity index (χ3n) is 3.24. The fraction of sp³-hybridized carbons (Fsp3) is 0.235. The van der Waals surface area contributed by atoms with Crippen molar-refractivity contribution in [2.75, 3.05) is 7.11 Å². The summed E-state index contributed by atoms with van der Waals surface area (Å²) in [5.74, 6) is 0.497. The van der Waals surface area contributed by atoms with Crippen LogP contribution in [0.3, 0.4) is 0 Å². The average Bonchev–Trinajstić information content (AvgIpc) is 2.48. The minimum absolute atomic E-state index is 0.497. The van der Waals surface area contributed by atoms with E-state index in [-0.39, 0.29) is 0 Å². The summed E-state index contributed by atoms with van der Waals surface area (Å²) in [5.41, 5.74) is 3.89. The molecule has 2 rings (SSSR count). The molecule has 0 bridgehead atoms. The van der Waals surface area contributed by atoms with Gasteiger partial charge in [0.2, 0.25) is 0 Å². The van der Waals surface area contributed by atoms with Crippen molar-refractivity contribution < 1.29 is 14.3 Å². The van der Waals surface area contributed by atoms with E-state index in [0.717, 1.165) is 12.8 Å². The molecule has 0 aliphatic heterocycles. The molecule has 0 heterocycles. The van der Waals surface area contributed by atoms with Gasteiger partial charge in [-0.3, -0.25) is 0 Å². The van der Waals surface area contributed by atoms with Crippen LogP contribution in [0.25, 0.3) is 0 Å². The van der Waals surface area contributed by atoms with Crippen LogP contribution < -0.4 is 4.74 Å². The molecule has 0 aliphatic rings. The van der Waals surface area contributed by atoms with Crippen molar-refractivity contribution in [1.29, 1.82) is 0 Å². The van der Waals surface area contributed by atoms with Crippen molar-refractivity contribution in [3.63, 3.8) is 0 Å². The van der Waals surface area contributed by atoms with Crippen LogP contribution in [0.4, 0.5) is 4.79 Å². The lowest BCUT2D eigenvalue weighted by Gasteiger charge is -2.07. The Morgan fingerprint density at radius 3 is 2.35 bits per heavy atom. The van der Waals surface area contributed by atoms with Crippen LogP contribution in [0.2, 0.25) is 0 Å². The number of methoxy groups -OCH3 is 1. The SMILES string of the molecule is COC(=O)Oc1ccc(CCc2ccccc2C)cc1. The molecule has 3 heteroatoms. The molecule has 0 atom stereocenters. The van der Waals surface area contributed by atoms with E-state index in [1.54, 1.807) is 12.1 Å². The Morgan fingerprint density at radius 1 is 1.00 bits per heavy atom. The average molecular weight is 270 g/mol. The Labute approximate surface area is 119 Å². The molecule has 0 aliphatic carbocycles.